The van der Waals surface area contributed by atoms with Gasteiger partial charge in [-0.05, 0) is 24.3 Å². The first-order chi connectivity index (χ1) is 15.2. The van der Waals surface area contributed by atoms with Crippen molar-refractivity contribution in [2.75, 3.05) is 26.8 Å². The van der Waals surface area contributed by atoms with Crippen LogP contribution in [0.2, 0.25) is 0 Å². The number of nitrogens with zero attached hydrogens (tertiary/aromatic N) is 3. The van der Waals surface area contributed by atoms with Gasteiger partial charge >= 0.3 is 0 Å². The second-order valence-corrected chi connectivity index (χ2v) is 6.61. The van der Waals surface area contributed by atoms with Crippen LogP contribution in [0.1, 0.15) is 5.56 Å². The maximum atomic E-state index is 5.40. The molecule has 31 heavy (non-hydrogen) atoms. The maximum Gasteiger partial charge on any atom is 0.203 e. The van der Waals surface area contributed by atoms with E-state index < -0.39 is 0 Å². The Kier molecular flexibility index (Phi) is 5.93. The molecule has 4 aromatic rings. The number of benzene rings is 3. The Balaban J connectivity index is 1.68. The normalized spacial score (nSPS) is 10.9. The fraction of sp³-hybridized carbons (Fsp3) is 0.125. The van der Waals surface area contributed by atoms with Gasteiger partial charge in [0.2, 0.25) is 5.75 Å². The number of para-hydroxylation sites is 1. The van der Waals surface area contributed by atoms with Crippen molar-refractivity contribution < 1.29 is 14.2 Å². The summed E-state index contributed by atoms with van der Waals surface area (Å²) < 4.78 is 16.2. The van der Waals surface area contributed by atoms with Gasteiger partial charge in [-0.3, -0.25) is 5.43 Å². The smallest absolute Gasteiger partial charge is 0.203 e. The third-order valence-corrected chi connectivity index (χ3v) is 4.71. The van der Waals surface area contributed by atoms with Gasteiger partial charge in [-0.2, -0.15) is 5.10 Å². The largest absolute Gasteiger partial charge is 0.493 e. The van der Waals surface area contributed by atoms with E-state index in [0.717, 1.165) is 22.0 Å². The molecule has 3 aromatic carbocycles. The first-order valence-corrected chi connectivity index (χ1v) is 9.64. The summed E-state index contributed by atoms with van der Waals surface area (Å²) >= 11 is 0. The number of aromatic nitrogens is 2. The molecule has 0 atom stereocenters. The average molecular weight is 414 g/mol. The van der Waals surface area contributed by atoms with Crippen molar-refractivity contribution in [1.29, 1.82) is 0 Å². The molecular formula is C24H22N4O3. The van der Waals surface area contributed by atoms with E-state index in [4.69, 9.17) is 19.2 Å². The number of anilines is 1. The van der Waals surface area contributed by atoms with Crippen LogP contribution in [0.4, 0.5) is 5.82 Å². The molecule has 1 heterocycles. The van der Waals surface area contributed by atoms with Gasteiger partial charge in [0.15, 0.2) is 23.1 Å². The van der Waals surface area contributed by atoms with Crippen LogP contribution in [0.3, 0.4) is 0 Å². The van der Waals surface area contributed by atoms with Gasteiger partial charge in [0.25, 0.3) is 0 Å². The summed E-state index contributed by atoms with van der Waals surface area (Å²) in [5.74, 6) is 2.90. The van der Waals surface area contributed by atoms with Crippen molar-refractivity contribution in [2.24, 2.45) is 5.10 Å². The molecule has 0 aliphatic carbocycles. The lowest BCUT2D eigenvalue weighted by atomic mass is 10.2. The molecule has 0 fully saturated rings. The molecule has 0 radical (unpaired) electrons. The summed E-state index contributed by atoms with van der Waals surface area (Å²) in [6.45, 7) is 0. The molecule has 0 saturated heterocycles. The maximum absolute atomic E-state index is 5.40. The minimum absolute atomic E-state index is 0.532. The highest BCUT2D eigenvalue weighted by atomic mass is 16.5. The van der Waals surface area contributed by atoms with Crippen LogP contribution in [0.5, 0.6) is 17.2 Å². The van der Waals surface area contributed by atoms with Gasteiger partial charge in [0.1, 0.15) is 0 Å². The number of hydrogen-bond donors (Lipinski definition) is 1. The zero-order chi connectivity index (χ0) is 21.6. The Morgan fingerprint density at radius 2 is 1.48 bits per heavy atom. The molecule has 1 N–H and O–H groups in total. The molecule has 156 valence electrons. The van der Waals surface area contributed by atoms with Gasteiger partial charge < -0.3 is 14.2 Å². The number of fused-ring (bicyclic) bond motifs is 1. The molecular weight excluding hydrogens is 392 g/mol. The van der Waals surface area contributed by atoms with Crippen LogP contribution in [0.25, 0.3) is 22.3 Å². The fourth-order valence-electron chi connectivity index (χ4n) is 3.22. The minimum Gasteiger partial charge on any atom is -0.493 e. The predicted molar refractivity (Wildman–Crippen MR) is 122 cm³/mol. The Bertz CT molecular complexity index is 1200. The molecule has 1 aromatic heterocycles. The van der Waals surface area contributed by atoms with Crippen molar-refractivity contribution in [3.05, 3.63) is 72.3 Å². The molecule has 0 aliphatic heterocycles. The van der Waals surface area contributed by atoms with Gasteiger partial charge in [-0.1, -0.05) is 42.5 Å². The topological polar surface area (TPSA) is 77.9 Å². The molecule has 0 bridgehead atoms. The average Bonchev–Trinajstić information content (AvgIpc) is 2.83. The van der Waals surface area contributed by atoms with E-state index in [9.17, 15) is 0 Å². The van der Waals surface area contributed by atoms with Gasteiger partial charge in [0, 0.05) is 16.5 Å². The van der Waals surface area contributed by atoms with E-state index in [-0.39, 0.29) is 0 Å². The first kappa shape index (κ1) is 20.2. The van der Waals surface area contributed by atoms with Crippen molar-refractivity contribution in [3.63, 3.8) is 0 Å². The second-order valence-electron chi connectivity index (χ2n) is 6.61. The lowest BCUT2D eigenvalue weighted by Gasteiger charge is -2.12. The SMILES string of the molecule is COc1cc(/C=N\Nc2nc(-c3ccccc3)nc3ccccc23)cc(OC)c1OC. The van der Waals surface area contributed by atoms with E-state index in [1.807, 2.05) is 66.7 Å². The predicted octanol–water partition coefficient (Wildman–Crippen LogP) is 4.77. The Labute approximate surface area is 180 Å². The minimum atomic E-state index is 0.532. The molecule has 0 unspecified atom stereocenters. The lowest BCUT2D eigenvalue weighted by Crippen LogP contribution is -2.00. The Morgan fingerprint density at radius 3 is 2.16 bits per heavy atom. The quantitative estimate of drug-likeness (QED) is 0.347. The van der Waals surface area contributed by atoms with Gasteiger partial charge in [-0.15, -0.1) is 0 Å². The van der Waals surface area contributed by atoms with E-state index in [0.29, 0.717) is 28.9 Å². The van der Waals surface area contributed by atoms with E-state index in [2.05, 4.69) is 15.5 Å². The van der Waals surface area contributed by atoms with Crippen molar-refractivity contribution in [3.8, 4) is 28.6 Å². The summed E-state index contributed by atoms with van der Waals surface area (Å²) in [4.78, 5) is 9.38. The number of ether oxygens (including phenoxy) is 3. The van der Waals surface area contributed by atoms with Crippen LogP contribution in [0, 0.1) is 0 Å². The highest BCUT2D eigenvalue weighted by molar-refractivity contribution is 5.91. The molecule has 4 rings (SSSR count). The van der Waals surface area contributed by atoms with Crippen LogP contribution in [-0.2, 0) is 0 Å². The van der Waals surface area contributed by atoms with Gasteiger partial charge in [0.05, 0.1) is 33.1 Å². The van der Waals surface area contributed by atoms with Crippen LogP contribution >= 0.6 is 0 Å². The summed E-state index contributed by atoms with van der Waals surface area (Å²) in [5, 5.41) is 5.26. The molecule has 7 nitrogen and oxygen atoms in total. The fourth-order valence-corrected chi connectivity index (χ4v) is 3.22. The lowest BCUT2D eigenvalue weighted by molar-refractivity contribution is 0.324. The summed E-state index contributed by atoms with van der Waals surface area (Å²) in [6, 6.07) is 21.3. The molecule has 0 aliphatic rings. The van der Waals surface area contributed by atoms with Crippen molar-refractivity contribution in [1.82, 2.24) is 9.97 Å². The zero-order valence-electron chi connectivity index (χ0n) is 17.5. The zero-order valence-corrected chi connectivity index (χ0v) is 17.5. The summed E-state index contributed by atoms with van der Waals surface area (Å²) in [5.41, 5.74) is 5.61. The number of nitrogens with one attached hydrogen (secondary N) is 1. The number of hydrazone groups is 1. The number of hydrogen-bond acceptors (Lipinski definition) is 7. The summed E-state index contributed by atoms with van der Waals surface area (Å²) in [6.07, 6.45) is 1.67. The Morgan fingerprint density at radius 1 is 0.806 bits per heavy atom. The molecule has 0 spiro atoms. The Hall–Kier alpha value is -4.13. The third kappa shape index (κ3) is 4.25. The molecule has 0 saturated carbocycles. The van der Waals surface area contributed by atoms with Gasteiger partial charge in [-0.25, -0.2) is 9.97 Å². The first-order valence-electron chi connectivity index (χ1n) is 9.64. The van der Waals surface area contributed by atoms with Crippen molar-refractivity contribution in [2.45, 2.75) is 0 Å². The highest BCUT2D eigenvalue weighted by Crippen LogP contribution is 2.37. The molecule has 7 heteroatoms. The van der Waals surface area contributed by atoms with E-state index in [1.54, 1.807) is 27.5 Å². The van der Waals surface area contributed by atoms with Crippen LogP contribution in [-0.4, -0.2) is 37.5 Å². The molecule has 0 amide bonds. The second kappa shape index (κ2) is 9.13. The standard InChI is InChI=1S/C24H22N4O3/c1-29-20-13-16(14-21(30-2)22(20)31-3)15-25-28-24-18-11-7-8-12-19(18)26-23(27-24)17-9-5-4-6-10-17/h4-15H,1-3H3,(H,26,27,28)/b25-15-. The van der Waals surface area contributed by atoms with Crippen LogP contribution < -0.4 is 19.6 Å². The van der Waals surface area contributed by atoms with Crippen molar-refractivity contribution >= 4 is 22.9 Å². The van der Waals surface area contributed by atoms with E-state index >= 15 is 0 Å². The van der Waals surface area contributed by atoms with E-state index in [1.165, 1.54) is 0 Å². The number of methoxy groups -OCH3 is 3. The monoisotopic (exact) mass is 414 g/mol. The highest BCUT2D eigenvalue weighted by Gasteiger charge is 2.12. The number of rotatable bonds is 7. The third-order valence-electron chi connectivity index (χ3n) is 4.71. The summed E-state index contributed by atoms with van der Waals surface area (Å²) in [7, 11) is 4.73. The van der Waals surface area contributed by atoms with Crippen LogP contribution in [0.15, 0.2) is 71.8 Å².